The number of carbonyl (C=O) groups excluding carboxylic acids is 1. The van der Waals surface area contributed by atoms with Crippen molar-refractivity contribution in [2.75, 3.05) is 6.54 Å². The second-order valence-corrected chi connectivity index (χ2v) is 5.24. The second-order valence-electron chi connectivity index (χ2n) is 4.46. The first-order chi connectivity index (χ1) is 10.1. The van der Waals surface area contributed by atoms with Gasteiger partial charge in [0.2, 0.25) is 0 Å². The lowest BCUT2D eigenvalue weighted by Gasteiger charge is -2.21. The van der Waals surface area contributed by atoms with Gasteiger partial charge in [-0.1, -0.05) is 59.6 Å². The lowest BCUT2D eigenvalue weighted by Crippen LogP contribution is -2.30. The van der Waals surface area contributed by atoms with Gasteiger partial charge in [0.1, 0.15) is 10.3 Å². The molecule has 0 atom stereocenters. The van der Waals surface area contributed by atoms with Crippen LogP contribution in [0, 0.1) is 0 Å². The van der Waals surface area contributed by atoms with Crippen LogP contribution in [0.25, 0.3) is 0 Å². The van der Waals surface area contributed by atoms with E-state index >= 15 is 0 Å². The van der Waals surface area contributed by atoms with E-state index in [0.717, 1.165) is 5.56 Å². The van der Waals surface area contributed by atoms with E-state index in [9.17, 15) is 4.79 Å². The Morgan fingerprint density at radius 2 is 1.81 bits per heavy atom. The Morgan fingerprint density at radius 3 is 2.38 bits per heavy atom. The molecule has 0 fully saturated rings. The highest BCUT2D eigenvalue weighted by Crippen LogP contribution is 2.17. The van der Waals surface area contributed by atoms with E-state index in [1.807, 2.05) is 30.3 Å². The molecule has 21 heavy (non-hydrogen) atoms. The minimum absolute atomic E-state index is 0.162. The fraction of sp³-hybridized carbons (Fsp3) is 0.125. The predicted octanol–water partition coefficient (Wildman–Crippen LogP) is 4.22. The fourth-order valence-corrected chi connectivity index (χ4v) is 2.41. The van der Waals surface area contributed by atoms with Gasteiger partial charge in [-0.15, -0.1) is 6.58 Å². The summed E-state index contributed by atoms with van der Waals surface area (Å²) < 4.78 is 0. The summed E-state index contributed by atoms with van der Waals surface area (Å²) in [6.07, 6.45) is 1.69. The molecule has 0 spiro atoms. The lowest BCUT2D eigenvalue weighted by atomic mass is 10.2. The second kappa shape index (κ2) is 7.25. The molecule has 0 bridgehead atoms. The van der Waals surface area contributed by atoms with Gasteiger partial charge in [-0.05, 0) is 17.7 Å². The molecule has 0 radical (unpaired) electrons. The topological polar surface area (TPSA) is 33.2 Å². The summed E-state index contributed by atoms with van der Waals surface area (Å²) in [7, 11) is 0. The highest BCUT2D eigenvalue weighted by atomic mass is 35.5. The number of hydrogen-bond acceptors (Lipinski definition) is 2. The van der Waals surface area contributed by atoms with Crippen LogP contribution in [0.2, 0.25) is 10.3 Å². The Bertz CT molecular complexity index is 624. The number of amides is 1. The molecular weight excluding hydrogens is 307 g/mol. The molecule has 1 aromatic heterocycles. The number of pyridine rings is 1. The summed E-state index contributed by atoms with van der Waals surface area (Å²) in [5, 5.41) is 0.397. The van der Waals surface area contributed by atoms with Crippen molar-refractivity contribution in [1.82, 2.24) is 9.88 Å². The zero-order valence-corrected chi connectivity index (χ0v) is 12.8. The van der Waals surface area contributed by atoms with Crippen molar-refractivity contribution in [3.05, 3.63) is 76.6 Å². The van der Waals surface area contributed by atoms with Crippen molar-refractivity contribution < 1.29 is 4.79 Å². The molecule has 1 aromatic carbocycles. The van der Waals surface area contributed by atoms with Crippen LogP contribution in [-0.2, 0) is 6.54 Å². The summed E-state index contributed by atoms with van der Waals surface area (Å²) in [5.41, 5.74) is 1.46. The average Bonchev–Trinajstić information content (AvgIpc) is 2.46. The zero-order valence-electron chi connectivity index (χ0n) is 11.3. The molecule has 0 N–H and O–H groups in total. The maximum Gasteiger partial charge on any atom is 0.254 e. The summed E-state index contributed by atoms with van der Waals surface area (Å²) in [6.45, 7) is 4.62. The van der Waals surface area contributed by atoms with E-state index in [1.165, 1.54) is 12.1 Å². The van der Waals surface area contributed by atoms with Gasteiger partial charge in [-0.2, -0.15) is 0 Å². The summed E-state index contributed by atoms with van der Waals surface area (Å²) >= 11 is 11.7. The average molecular weight is 321 g/mol. The van der Waals surface area contributed by atoms with Gasteiger partial charge in [-0.25, -0.2) is 4.98 Å². The van der Waals surface area contributed by atoms with Gasteiger partial charge >= 0.3 is 0 Å². The normalized spacial score (nSPS) is 10.2. The lowest BCUT2D eigenvalue weighted by molar-refractivity contribution is 0.0762. The Hall–Kier alpha value is -1.84. The number of nitrogens with zero attached hydrogens (tertiary/aromatic N) is 2. The molecular formula is C16H14Cl2N2O. The summed E-state index contributed by atoms with van der Waals surface area (Å²) in [6, 6.07) is 12.8. The highest BCUT2D eigenvalue weighted by molar-refractivity contribution is 6.33. The SMILES string of the molecule is C=CCN(Cc1ccccc1)C(=O)c1cc(Cl)nc(Cl)c1. The molecule has 108 valence electrons. The molecule has 2 aromatic rings. The van der Waals surface area contributed by atoms with Gasteiger partial charge in [-0.3, -0.25) is 4.79 Å². The third-order valence-electron chi connectivity index (χ3n) is 2.86. The summed E-state index contributed by atoms with van der Waals surface area (Å²) in [4.78, 5) is 18.1. The van der Waals surface area contributed by atoms with Crippen LogP contribution in [-0.4, -0.2) is 22.3 Å². The fourth-order valence-electron chi connectivity index (χ4n) is 1.95. The number of benzene rings is 1. The highest BCUT2D eigenvalue weighted by Gasteiger charge is 2.16. The number of rotatable bonds is 5. The maximum atomic E-state index is 12.6. The van der Waals surface area contributed by atoms with Crippen molar-refractivity contribution in [3.8, 4) is 0 Å². The van der Waals surface area contributed by atoms with Crippen molar-refractivity contribution >= 4 is 29.1 Å². The van der Waals surface area contributed by atoms with Crippen molar-refractivity contribution in [1.29, 1.82) is 0 Å². The molecule has 3 nitrogen and oxygen atoms in total. The van der Waals surface area contributed by atoms with Gasteiger partial charge in [0, 0.05) is 18.7 Å². The van der Waals surface area contributed by atoms with Crippen LogP contribution in [0.15, 0.2) is 55.1 Å². The van der Waals surface area contributed by atoms with Crippen LogP contribution < -0.4 is 0 Å². The Balaban J connectivity index is 2.24. The van der Waals surface area contributed by atoms with Gasteiger partial charge < -0.3 is 4.90 Å². The van der Waals surface area contributed by atoms with Gasteiger partial charge in [0.25, 0.3) is 5.91 Å². The Morgan fingerprint density at radius 1 is 1.19 bits per heavy atom. The molecule has 1 amide bonds. The Labute approximate surface area is 133 Å². The summed E-state index contributed by atoms with van der Waals surface area (Å²) in [5.74, 6) is -0.162. The largest absolute Gasteiger partial charge is 0.331 e. The first-order valence-electron chi connectivity index (χ1n) is 6.37. The van der Waals surface area contributed by atoms with E-state index in [4.69, 9.17) is 23.2 Å². The smallest absolute Gasteiger partial charge is 0.254 e. The molecule has 0 saturated heterocycles. The third-order valence-corrected chi connectivity index (χ3v) is 3.25. The van der Waals surface area contributed by atoms with E-state index in [0.29, 0.717) is 18.7 Å². The van der Waals surface area contributed by atoms with Crippen LogP contribution in [0.5, 0.6) is 0 Å². The van der Waals surface area contributed by atoms with Crippen LogP contribution in [0.3, 0.4) is 0 Å². The third kappa shape index (κ3) is 4.31. The molecule has 1 heterocycles. The van der Waals surface area contributed by atoms with E-state index in [2.05, 4.69) is 11.6 Å². The first-order valence-corrected chi connectivity index (χ1v) is 7.13. The molecule has 2 rings (SSSR count). The minimum Gasteiger partial charge on any atom is -0.331 e. The number of halogens is 2. The van der Waals surface area contributed by atoms with E-state index < -0.39 is 0 Å². The van der Waals surface area contributed by atoms with Crippen LogP contribution in [0.1, 0.15) is 15.9 Å². The standard InChI is InChI=1S/C16H14Cl2N2O/c1-2-8-20(11-12-6-4-3-5-7-12)16(21)13-9-14(17)19-15(18)10-13/h2-7,9-10H,1,8,11H2. The maximum absolute atomic E-state index is 12.6. The number of carbonyl (C=O) groups is 1. The minimum atomic E-state index is -0.162. The monoisotopic (exact) mass is 320 g/mol. The molecule has 0 aliphatic rings. The van der Waals surface area contributed by atoms with Crippen LogP contribution in [0.4, 0.5) is 0 Å². The molecule has 0 saturated carbocycles. The van der Waals surface area contributed by atoms with Crippen molar-refractivity contribution in [2.45, 2.75) is 6.54 Å². The Kier molecular flexibility index (Phi) is 5.37. The van der Waals surface area contributed by atoms with Crippen LogP contribution >= 0.6 is 23.2 Å². The van der Waals surface area contributed by atoms with Gasteiger partial charge in [0.15, 0.2) is 0 Å². The number of aromatic nitrogens is 1. The van der Waals surface area contributed by atoms with Crippen molar-refractivity contribution in [3.63, 3.8) is 0 Å². The van der Waals surface area contributed by atoms with E-state index in [-0.39, 0.29) is 16.2 Å². The zero-order chi connectivity index (χ0) is 15.2. The van der Waals surface area contributed by atoms with E-state index in [1.54, 1.807) is 11.0 Å². The number of hydrogen-bond donors (Lipinski definition) is 0. The van der Waals surface area contributed by atoms with Crippen molar-refractivity contribution in [2.24, 2.45) is 0 Å². The van der Waals surface area contributed by atoms with Gasteiger partial charge in [0.05, 0.1) is 0 Å². The molecule has 0 unspecified atom stereocenters. The molecule has 5 heteroatoms. The molecule has 0 aliphatic heterocycles. The quantitative estimate of drug-likeness (QED) is 0.610. The predicted molar refractivity (Wildman–Crippen MR) is 85.6 cm³/mol. The molecule has 0 aliphatic carbocycles. The first kappa shape index (κ1) is 15.5.